The Morgan fingerprint density at radius 3 is 2.62 bits per heavy atom. The smallest absolute Gasteiger partial charge is 0.288 e. The highest BCUT2D eigenvalue weighted by Crippen LogP contribution is 2.44. The van der Waals surface area contributed by atoms with Crippen LogP contribution < -0.4 is 20.3 Å². The van der Waals surface area contributed by atoms with Crippen molar-refractivity contribution < 1.29 is 9.47 Å². The minimum atomic E-state index is -0.640. The summed E-state index contributed by atoms with van der Waals surface area (Å²) in [7, 11) is 3.10. The Morgan fingerprint density at radius 2 is 1.88 bits per heavy atom. The number of H-pyrrole nitrogens is 1. The molecule has 2 N–H and O–H groups in total. The molecule has 1 atom stereocenters. The summed E-state index contributed by atoms with van der Waals surface area (Å²) in [6.07, 6.45) is 0. The van der Waals surface area contributed by atoms with Crippen molar-refractivity contribution in [3.05, 3.63) is 67.9 Å². The normalized spacial score (nSPS) is 14.3. The van der Waals surface area contributed by atoms with Crippen LogP contribution in [0.3, 0.4) is 0 Å². The van der Waals surface area contributed by atoms with Gasteiger partial charge in [0.05, 0.1) is 19.9 Å². The second-order valence-electron chi connectivity index (χ2n) is 6.90. The molecule has 0 spiro atoms. The van der Waals surface area contributed by atoms with Crippen molar-refractivity contribution in [2.45, 2.75) is 6.04 Å². The lowest BCUT2D eigenvalue weighted by Gasteiger charge is -2.28. The number of aromatic amines is 1. The highest BCUT2D eigenvalue weighted by atomic mass is 35.5. The third-order valence-electron chi connectivity index (χ3n) is 5.18. The Morgan fingerprint density at radius 1 is 1.06 bits per heavy atom. The summed E-state index contributed by atoms with van der Waals surface area (Å²) < 4.78 is 12.3. The highest BCUT2D eigenvalue weighted by Gasteiger charge is 2.35. The molecule has 4 aromatic rings. The molecule has 32 heavy (non-hydrogen) atoms. The third-order valence-corrected chi connectivity index (χ3v) is 5.74. The molecule has 0 bridgehead atoms. The van der Waals surface area contributed by atoms with Crippen molar-refractivity contribution >= 4 is 34.8 Å². The second kappa shape index (κ2) is 7.81. The van der Waals surface area contributed by atoms with E-state index in [-0.39, 0.29) is 5.69 Å². The van der Waals surface area contributed by atoms with Gasteiger partial charge in [0.1, 0.15) is 11.7 Å². The zero-order valence-electron chi connectivity index (χ0n) is 16.8. The second-order valence-corrected chi connectivity index (χ2v) is 7.74. The highest BCUT2D eigenvalue weighted by molar-refractivity contribution is 6.35. The Hall–Kier alpha value is -3.63. The van der Waals surface area contributed by atoms with Crippen LogP contribution in [0.1, 0.15) is 17.2 Å². The topological polar surface area (TPSA) is 120 Å². The first-order chi connectivity index (χ1) is 15.5. The minimum Gasteiger partial charge on any atom is -0.493 e. The fourth-order valence-corrected chi connectivity index (χ4v) is 4.26. The van der Waals surface area contributed by atoms with Crippen LogP contribution >= 0.6 is 23.2 Å². The van der Waals surface area contributed by atoms with Gasteiger partial charge in [-0.1, -0.05) is 34.4 Å². The number of nitrogens with one attached hydrogen (secondary N) is 2. The Labute approximate surface area is 191 Å². The van der Waals surface area contributed by atoms with Crippen molar-refractivity contribution in [2.24, 2.45) is 0 Å². The lowest BCUT2D eigenvalue weighted by atomic mass is 9.92. The maximum absolute atomic E-state index is 12.8. The van der Waals surface area contributed by atoms with E-state index in [0.717, 1.165) is 0 Å². The van der Waals surface area contributed by atoms with Crippen LogP contribution in [0, 0.1) is 0 Å². The van der Waals surface area contributed by atoms with Crippen LogP contribution in [0.15, 0.2) is 41.2 Å². The molecule has 162 valence electrons. The van der Waals surface area contributed by atoms with E-state index in [9.17, 15) is 4.79 Å². The Balaban J connectivity index is 1.81. The molecular weight excluding hydrogens is 457 g/mol. The average molecular weight is 472 g/mol. The number of hydrogen-bond donors (Lipinski definition) is 2. The third kappa shape index (κ3) is 3.15. The number of halogens is 2. The first-order valence-corrected chi connectivity index (χ1v) is 10.1. The predicted octanol–water partition coefficient (Wildman–Crippen LogP) is 3.44. The molecule has 0 aliphatic carbocycles. The fourth-order valence-electron chi connectivity index (χ4n) is 3.75. The van der Waals surface area contributed by atoms with Gasteiger partial charge in [0, 0.05) is 26.7 Å². The molecule has 0 saturated heterocycles. The summed E-state index contributed by atoms with van der Waals surface area (Å²) in [6.45, 7) is 0. The van der Waals surface area contributed by atoms with Gasteiger partial charge < -0.3 is 14.8 Å². The molecule has 0 radical (unpaired) electrons. The van der Waals surface area contributed by atoms with Gasteiger partial charge in [-0.2, -0.15) is 9.78 Å². The van der Waals surface area contributed by atoms with E-state index in [1.807, 2.05) is 6.07 Å². The van der Waals surface area contributed by atoms with Crippen LogP contribution in [0.2, 0.25) is 10.0 Å². The zero-order valence-corrected chi connectivity index (χ0v) is 18.3. The van der Waals surface area contributed by atoms with Gasteiger partial charge in [-0.3, -0.25) is 4.79 Å². The van der Waals surface area contributed by atoms with E-state index in [1.165, 1.54) is 0 Å². The molecule has 10 nitrogen and oxygen atoms in total. The monoisotopic (exact) mass is 471 g/mol. The van der Waals surface area contributed by atoms with Crippen molar-refractivity contribution in [3.63, 3.8) is 0 Å². The van der Waals surface area contributed by atoms with Gasteiger partial charge in [0.25, 0.3) is 5.56 Å². The van der Waals surface area contributed by atoms with E-state index in [0.29, 0.717) is 49.9 Å². The molecule has 0 saturated carbocycles. The maximum atomic E-state index is 12.8. The number of fused-ring (bicyclic) bond motifs is 2. The molecule has 0 amide bonds. The van der Waals surface area contributed by atoms with Crippen molar-refractivity contribution in [1.29, 1.82) is 0 Å². The Kier molecular flexibility index (Phi) is 4.95. The number of anilines is 2. The van der Waals surface area contributed by atoms with Crippen molar-refractivity contribution in [1.82, 2.24) is 30.4 Å². The maximum Gasteiger partial charge on any atom is 0.288 e. The number of tetrazole rings is 1. The summed E-state index contributed by atoms with van der Waals surface area (Å²) in [5.74, 6) is 1.37. The van der Waals surface area contributed by atoms with E-state index in [1.54, 1.807) is 49.2 Å². The van der Waals surface area contributed by atoms with Crippen LogP contribution in [0.25, 0.3) is 11.3 Å². The molecule has 0 fully saturated rings. The van der Waals surface area contributed by atoms with E-state index in [2.05, 4.69) is 31.0 Å². The molecule has 1 unspecified atom stereocenters. The van der Waals surface area contributed by atoms with Gasteiger partial charge in [-0.15, -0.1) is 0 Å². The van der Waals surface area contributed by atoms with Gasteiger partial charge in [0.2, 0.25) is 5.95 Å². The van der Waals surface area contributed by atoms with E-state index < -0.39 is 11.6 Å². The van der Waals surface area contributed by atoms with Gasteiger partial charge in [-0.05, 0) is 40.8 Å². The van der Waals surface area contributed by atoms with Gasteiger partial charge in [-0.25, -0.2) is 5.10 Å². The van der Waals surface area contributed by atoms with Crippen LogP contribution in [-0.2, 0) is 0 Å². The number of methoxy groups -OCH3 is 2. The van der Waals surface area contributed by atoms with E-state index in [4.69, 9.17) is 32.7 Å². The summed E-state index contributed by atoms with van der Waals surface area (Å²) in [5, 5.41) is 22.6. The van der Waals surface area contributed by atoms with Crippen LogP contribution in [0.5, 0.6) is 11.5 Å². The molecule has 3 heterocycles. The number of ether oxygens (including phenoxy) is 2. The largest absolute Gasteiger partial charge is 0.493 e. The summed E-state index contributed by atoms with van der Waals surface area (Å²) in [5.41, 5.74) is 2.22. The molecule has 1 aliphatic heterocycles. The summed E-state index contributed by atoms with van der Waals surface area (Å²) in [4.78, 5) is 12.8. The van der Waals surface area contributed by atoms with Gasteiger partial charge >= 0.3 is 0 Å². The molecular formula is C20H15Cl2N7O3. The number of rotatable bonds is 4. The van der Waals surface area contributed by atoms with Crippen LogP contribution in [0.4, 0.5) is 11.6 Å². The molecule has 12 heteroatoms. The lowest BCUT2D eigenvalue weighted by molar-refractivity contribution is 0.355. The molecule has 5 rings (SSSR count). The Bertz CT molecular complexity index is 1400. The predicted molar refractivity (Wildman–Crippen MR) is 118 cm³/mol. The fraction of sp³-hybridized carbons (Fsp3) is 0.150. The number of benzene rings is 2. The van der Waals surface area contributed by atoms with Crippen molar-refractivity contribution in [3.8, 4) is 22.8 Å². The number of hydrogen-bond acceptors (Lipinski definition) is 8. The summed E-state index contributed by atoms with van der Waals surface area (Å²) >= 11 is 12.7. The zero-order chi connectivity index (χ0) is 22.4. The van der Waals surface area contributed by atoms with Crippen molar-refractivity contribution in [2.75, 3.05) is 19.5 Å². The van der Waals surface area contributed by atoms with E-state index >= 15 is 0 Å². The average Bonchev–Trinajstić information content (AvgIpc) is 3.27. The molecule has 2 aromatic carbocycles. The first-order valence-electron chi connectivity index (χ1n) is 9.36. The SMILES string of the molecule is COc1ccc(-c2n[nH]c(=O)c3c2C(c2ccc(Cl)cc2Cl)n2nnnc2N3)cc1OC. The lowest BCUT2D eigenvalue weighted by Crippen LogP contribution is -2.29. The standard InChI is InChI=1S/C20H15Cl2N7O3/c1-31-13-6-3-9(7-14(13)32-2)16-15-17(19(30)25-24-16)23-20-26-27-28-29(20)18(15)11-5-4-10(21)8-12(11)22/h3-8,18H,1-2H3,(H,25,30)(H,23,26,28). The number of aromatic nitrogens is 6. The first kappa shape index (κ1) is 20.3. The van der Waals surface area contributed by atoms with Crippen LogP contribution in [-0.4, -0.2) is 44.6 Å². The molecule has 1 aliphatic rings. The molecule has 2 aromatic heterocycles. The van der Waals surface area contributed by atoms with Gasteiger partial charge in [0.15, 0.2) is 11.5 Å². The summed E-state index contributed by atoms with van der Waals surface area (Å²) in [6, 6.07) is 9.82. The number of nitrogens with zero attached hydrogens (tertiary/aromatic N) is 5. The minimum absolute atomic E-state index is 0.267. The quantitative estimate of drug-likeness (QED) is 0.408.